The minimum absolute atomic E-state index is 0.136. The Morgan fingerprint density at radius 3 is 2.27 bits per heavy atom. The number of amides is 3. The predicted octanol–water partition coefficient (Wildman–Crippen LogP) is 4.06. The second-order valence-corrected chi connectivity index (χ2v) is 7.17. The van der Waals surface area contributed by atoms with Crippen molar-refractivity contribution >= 4 is 23.3 Å². The number of carbonyl (C=O) groups excluding carboxylic acids is 2. The first-order valence-electron chi connectivity index (χ1n) is 9.88. The van der Waals surface area contributed by atoms with E-state index in [2.05, 4.69) is 10.6 Å². The Bertz CT molecular complexity index is 1040. The fourth-order valence-corrected chi connectivity index (χ4v) is 3.72. The smallest absolute Gasteiger partial charge is 0.322 e. The van der Waals surface area contributed by atoms with E-state index in [1.54, 1.807) is 29.2 Å². The summed E-state index contributed by atoms with van der Waals surface area (Å²) in [4.78, 5) is 26.8. The van der Waals surface area contributed by atoms with E-state index in [0.29, 0.717) is 17.8 Å². The molecular weight excluding hydrogens is 378 g/mol. The number of fused-ring (bicyclic) bond motifs is 1. The third-order valence-corrected chi connectivity index (χ3v) is 5.28. The molecule has 152 valence electrons. The van der Waals surface area contributed by atoms with E-state index >= 15 is 0 Å². The predicted molar refractivity (Wildman–Crippen MR) is 117 cm³/mol. The molecule has 3 aromatic rings. The number of aliphatic hydroxyl groups is 1. The summed E-state index contributed by atoms with van der Waals surface area (Å²) in [7, 11) is 0. The van der Waals surface area contributed by atoms with Crippen molar-refractivity contribution in [2.75, 3.05) is 23.8 Å². The summed E-state index contributed by atoms with van der Waals surface area (Å²) in [5, 5.41) is 15.6. The normalized spacial score (nSPS) is 15.2. The Morgan fingerprint density at radius 1 is 0.867 bits per heavy atom. The zero-order valence-corrected chi connectivity index (χ0v) is 16.4. The summed E-state index contributed by atoms with van der Waals surface area (Å²) in [6.45, 7) is 0.397. The van der Waals surface area contributed by atoms with Crippen LogP contribution in [0.3, 0.4) is 0 Å². The molecule has 3 aromatic carbocycles. The van der Waals surface area contributed by atoms with Gasteiger partial charge < -0.3 is 20.6 Å². The zero-order valence-electron chi connectivity index (χ0n) is 16.4. The van der Waals surface area contributed by atoms with Crippen molar-refractivity contribution in [1.82, 2.24) is 4.90 Å². The number of urea groups is 1. The van der Waals surface area contributed by atoms with E-state index in [1.807, 2.05) is 54.6 Å². The zero-order chi connectivity index (χ0) is 20.9. The highest BCUT2D eigenvalue weighted by Crippen LogP contribution is 2.29. The Balaban J connectivity index is 1.42. The number of carbonyl (C=O) groups is 2. The summed E-state index contributed by atoms with van der Waals surface area (Å²) in [6.07, 6.45) is 0.749. The Morgan fingerprint density at radius 2 is 1.53 bits per heavy atom. The van der Waals surface area contributed by atoms with Crippen molar-refractivity contribution < 1.29 is 14.7 Å². The molecule has 0 spiro atoms. The number of nitrogens with zero attached hydrogens (tertiary/aromatic N) is 1. The average Bonchev–Trinajstić information content (AvgIpc) is 2.79. The minimum atomic E-state index is -0.370. The minimum Gasteiger partial charge on any atom is -0.394 e. The van der Waals surface area contributed by atoms with Crippen LogP contribution in [0.2, 0.25) is 0 Å². The maximum absolute atomic E-state index is 12.8. The molecule has 0 saturated carbocycles. The molecule has 1 heterocycles. The van der Waals surface area contributed by atoms with Crippen molar-refractivity contribution in [3.05, 3.63) is 95.6 Å². The van der Waals surface area contributed by atoms with Crippen molar-refractivity contribution in [3.63, 3.8) is 0 Å². The Hall–Kier alpha value is -3.64. The van der Waals surface area contributed by atoms with Gasteiger partial charge in [0.1, 0.15) is 0 Å². The highest BCUT2D eigenvalue weighted by molar-refractivity contribution is 6.04. The molecule has 4 rings (SSSR count). The van der Waals surface area contributed by atoms with Crippen LogP contribution in [0.5, 0.6) is 0 Å². The third kappa shape index (κ3) is 4.18. The van der Waals surface area contributed by atoms with Gasteiger partial charge in [0.2, 0.25) is 0 Å². The lowest BCUT2D eigenvalue weighted by atomic mass is 9.93. The summed E-state index contributed by atoms with van der Waals surface area (Å²) in [6, 6.07) is 23.2. The number of para-hydroxylation sites is 1. The molecule has 0 saturated heterocycles. The fraction of sp³-hybridized carbons (Fsp3) is 0.167. The molecule has 6 heteroatoms. The fourth-order valence-electron chi connectivity index (χ4n) is 3.72. The van der Waals surface area contributed by atoms with Crippen LogP contribution in [-0.2, 0) is 6.42 Å². The lowest BCUT2D eigenvalue weighted by molar-refractivity contribution is 0.102. The van der Waals surface area contributed by atoms with Crippen LogP contribution >= 0.6 is 0 Å². The molecule has 0 aromatic heterocycles. The lowest BCUT2D eigenvalue weighted by Gasteiger charge is -2.36. The molecule has 3 amide bonds. The monoisotopic (exact) mass is 401 g/mol. The molecule has 1 aliphatic heterocycles. The maximum atomic E-state index is 12.8. The van der Waals surface area contributed by atoms with Crippen molar-refractivity contribution in [1.29, 1.82) is 0 Å². The average molecular weight is 401 g/mol. The molecule has 0 bridgehead atoms. The molecule has 0 fully saturated rings. The van der Waals surface area contributed by atoms with Crippen LogP contribution in [-0.4, -0.2) is 35.1 Å². The lowest BCUT2D eigenvalue weighted by Crippen LogP contribution is -2.43. The number of rotatable bonds is 4. The molecule has 30 heavy (non-hydrogen) atoms. The van der Waals surface area contributed by atoms with E-state index in [-0.39, 0.29) is 24.6 Å². The summed E-state index contributed by atoms with van der Waals surface area (Å²) in [5.41, 5.74) is 3.95. The second-order valence-electron chi connectivity index (χ2n) is 7.17. The van der Waals surface area contributed by atoms with E-state index in [9.17, 15) is 14.7 Å². The van der Waals surface area contributed by atoms with Gasteiger partial charge in [0.15, 0.2) is 0 Å². The molecule has 3 N–H and O–H groups in total. The molecule has 0 aliphatic carbocycles. The van der Waals surface area contributed by atoms with Gasteiger partial charge in [-0.25, -0.2) is 4.79 Å². The quantitative estimate of drug-likeness (QED) is 0.617. The third-order valence-electron chi connectivity index (χ3n) is 5.28. The van der Waals surface area contributed by atoms with Crippen LogP contribution in [0.25, 0.3) is 0 Å². The van der Waals surface area contributed by atoms with Gasteiger partial charge in [-0.1, -0.05) is 42.5 Å². The molecule has 1 aliphatic rings. The van der Waals surface area contributed by atoms with Gasteiger partial charge in [-0.05, 0) is 53.9 Å². The topological polar surface area (TPSA) is 81.7 Å². The van der Waals surface area contributed by atoms with Crippen LogP contribution in [0.4, 0.5) is 16.2 Å². The summed E-state index contributed by atoms with van der Waals surface area (Å²) >= 11 is 0. The van der Waals surface area contributed by atoms with E-state index in [0.717, 1.165) is 23.2 Å². The van der Waals surface area contributed by atoms with Crippen LogP contribution in [0.15, 0.2) is 78.9 Å². The van der Waals surface area contributed by atoms with E-state index < -0.39 is 0 Å². The summed E-state index contributed by atoms with van der Waals surface area (Å²) < 4.78 is 0. The summed E-state index contributed by atoms with van der Waals surface area (Å²) in [5.74, 6) is -0.216. The number of benzene rings is 3. The molecule has 1 unspecified atom stereocenters. The molecule has 1 atom stereocenters. The first-order valence-corrected chi connectivity index (χ1v) is 9.88. The first-order chi connectivity index (χ1) is 14.7. The molecule has 6 nitrogen and oxygen atoms in total. The maximum Gasteiger partial charge on any atom is 0.322 e. The molecular formula is C24H23N3O3. The SMILES string of the molecule is O=C(Nc1ccccc1)c1ccc(NC(=O)N2CCc3ccccc3C2CO)cc1. The van der Waals surface area contributed by atoms with Crippen molar-refractivity contribution in [3.8, 4) is 0 Å². The van der Waals surface area contributed by atoms with Crippen LogP contribution < -0.4 is 10.6 Å². The highest BCUT2D eigenvalue weighted by atomic mass is 16.3. The molecule has 0 radical (unpaired) electrons. The van der Waals surface area contributed by atoms with Gasteiger partial charge in [0.05, 0.1) is 12.6 Å². The Kier molecular flexibility index (Phi) is 5.77. The van der Waals surface area contributed by atoms with Gasteiger partial charge in [-0.3, -0.25) is 4.79 Å². The Labute approximate surface area is 175 Å². The van der Waals surface area contributed by atoms with E-state index in [4.69, 9.17) is 0 Å². The van der Waals surface area contributed by atoms with Crippen molar-refractivity contribution in [2.45, 2.75) is 12.5 Å². The van der Waals surface area contributed by atoms with E-state index in [1.165, 1.54) is 0 Å². The van der Waals surface area contributed by atoms with Crippen LogP contribution in [0.1, 0.15) is 27.5 Å². The number of hydrogen-bond donors (Lipinski definition) is 3. The number of hydrogen-bond acceptors (Lipinski definition) is 3. The van der Waals surface area contributed by atoms with Crippen LogP contribution in [0, 0.1) is 0 Å². The van der Waals surface area contributed by atoms with Gasteiger partial charge in [-0.2, -0.15) is 0 Å². The largest absolute Gasteiger partial charge is 0.394 e. The number of aliphatic hydroxyl groups excluding tert-OH is 1. The van der Waals surface area contributed by atoms with Gasteiger partial charge in [0, 0.05) is 23.5 Å². The standard InChI is InChI=1S/C24H23N3O3/c28-16-22-21-9-5-4-6-17(21)14-15-27(22)24(30)26-20-12-10-18(11-13-20)23(29)25-19-7-2-1-3-8-19/h1-13,22,28H,14-16H2,(H,25,29)(H,26,30). The first kappa shape index (κ1) is 19.7. The van der Waals surface area contributed by atoms with Gasteiger partial charge >= 0.3 is 6.03 Å². The highest BCUT2D eigenvalue weighted by Gasteiger charge is 2.30. The number of nitrogens with one attached hydrogen (secondary N) is 2. The number of anilines is 2. The van der Waals surface area contributed by atoms with Crippen molar-refractivity contribution in [2.24, 2.45) is 0 Å². The second kappa shape index (κ2) is 8.80. The van der Waals surface area contributed by atoms with Gasteiger partial charge in [-0.15, -0.1) is 0 Å². The van der Waals surface area contributed by atoms with Gasteiger partial charge in [0.25, 0.3) is 5.91 Å².